The van der Waals surface area contributed by atoms with Gasteiger partial charge in [-0.1, -0.05) is 0 Å². The van der Waals surface area contributed by atoms with E-state index in [1.54, 1.807) is 6.07 Å². The van der Waals surface area contributed by atoms with Gasteiger partial charge in [-0.05, 0) is 45.6 Å². The molecule has 0 radical (unpaired) electrons. The first kappa shape index (κ1) is 14.7. The van der Waals surface area contributed by atoms with Gasteiger partial charge in [0.15, 0.2) is 0 Å². The number of nitrogen functional groups attached to an aromatic ring is 1. The molecule has 2 rings (SSSR count). The number of carbonyl (C=O) groups is 1. The number of benzene rings is 1. The maximum absolute atomic E-state index is 12.1. The van der Waals surface area contributed by atoms with Crippen LogP contribution in [0, 0.1) is 0 Å². The Kier molecular flexibility index (Phi) is 4.49. The maximum Gasteiger partial charge on any atom is 0.340 e. The monoisotopic (exact) mass is 277 g/mol. The van der Waals surface area contributed by atoms with Gasteiger partial charge in [-0.25, -0.2) is 4.79 Å². The zero-order chi connectivity index (χ0) is 14.7. The lowest BCUT2D eigenvalue weighted by atomic mass is 10.1. The molecule has 0 aliphatic carbocycles. The Hall–Kier alpha value is -1.75. The summed E-state index contributed by atoms with van der Waals surface area (Å²) in [4.78, 5) is 16.5. The standard InChI is InChI=1S/C15H23N3O2/c1-4-20-15(19)13-9-11(16)5-6-14(13)18-8-7-12(10-18)17(2)3/h5-6,9,12H,4,7-8,10,16H2,1-3H3. The van der Waals surface area contributed by atoms with E-state index in [4.69, 9.17) is 10.5 Å². The summed E-state index contributed by atoms with van der Waals surface area (Å²) < 4.78 is 5.13. The van der Waals surface area contributed by atoms with Gasteiger partial charge >= 0.3 is 5.97 Å². The Morgan fingerprint density at radius 3 is 2.85 bits per heavy atom. The van der Waals surface area contributed by atoms with Gasteiger partial charge in [-0.2, -0.15) is 0 Å². The van der Waals surface area contributed by atoms with Crippen LogP contribution in [-0.4, -0.2) is 50.7 Å². The first-order valence-electron chi connectivity index (χ1n) is 7.01. The first-order chi connectivity index (χ1) is 9.52. The summed E-state index contributed by atoms with van der Waals surface area (Å²) in [7, 11) is 4.17. The predicted octanol–water partition coefficient (Wildman–Crippen LogP) is 1.59. The van der Waals surface area contributed by atoms with Crippen molar-refractivity contribution in [2.24, 2.45) is 0 Å². The van der Waals surface area contributed by atoms with Crippen molar-refractivity contribution in [3.05, 3.63) is 23.8 Å². The van der Waals surface area contributed by atoms with E-state index in [2.05, 4.69) is 23.9 Å². The van der Waals surface area contributed by atoms with Crippen molar-refractivity contribution >= 4 is 17.3 Å². The number of likely N-dealkylation sites (N-methyl/N-ethyl adjacent to an activating group) is 1. The molecule has 1 aromatic carbocycles. The molecule has 0 aromatic heterocycles. The van der Waals surface area contributed by atoms with Gasteiger partial charge in [-0.15, -0.1) is 0 Å². The number of nitrogens with two attached hydrogens (primary N) is 1. The molecule has 0 bridgehead atoms. The number of nitrogens with zero attached hydrogens (tertiary/aromatic N) is 2. The fourth-order valence-electron chi connectivity index (χ4n) is 2.58. The van der Waals surface area contributed by atoms with E-state index in [-0.39, 0.29) is 5.97 Å². The third kappa shape index (κ3) is 3.04. The topological polar surface area (TPSA) is 58.8 Å². The molecule has 1 aliphatic rings. The molecule has 2 N–H and O–H groups in total. The summed E-state index contributed by atoms with van der Waals surface area (Å²) in [5, 5.41) is 0. The zero-order valence-corrected chi connectivity index (χ0v) is 12.4. The third-order valence-electron chi connectivity index (χ3n) is 3.75. The van der Waals surface area contributed by atoms with Crippen molar-refractivity contribution in [2.45, 2.75) is 19.4 Å². The van der Waals surface area contributed by atoms with E-state index in [0.29, 0.717) is 23.9 Å². The van der Waals surface area contributed by atoms with E-state index < -0.39 is 0 Å². The van der Waals surface area contributed by atoms with Crippen LogP contribution in [0.1, 0.15) is 23.7 Å². The average Bonchev–Trinajstić information content (AvgIpc) is 2.88. The van der Waals surface area contributed by atoms with Gasteiger partial charge in [-0.3, -0.25) is 0 Å². The van der Waals surface area contributed by atoms with Crippen molar-refractivity contribution in [1.82, 2.24) is 4.90 Å². The van der Waals surface area contributed by atoms with Crippen molar-refractivity contribution in [3.8, 4) is 0 Å². The SMILES string of the molecule is CCOC(=O)c1cc(N)ccc1N1CCC(N(C)C)C1. The Balaban J connectivity index is 2.25. The average molecular weight is 277 g/mol. The van der Waals surface area contributed by atoms with E-state index in [1.807, 2.05) is 19.1 Å². The fourth-order valence-corrected chi connectivity index (χ4v) is 2.58. The molecule has 1 aliphatic heterocycles. The van der Waals surface area contributed by atoms with Crippen LogP contribution in [0.2, 0.25) is 0 Å². The largest absolute Gasteiger partial charge is 0.462 e. The molecule has 20 heavy (non-hydrogen) atoms. The highest BCUT2D eigenvalue weighted by molar-refractivity contribution is 5.97. The second-order valence-electron chi connectivity index (χ2n) is 5.35. The van der Waals surface area contributed by atoms with E-state index in [9.17, 15) is 4.79 Å². The minimum absolute atomic E-state index is 0.303. The number of hydrogen-bond donors (Lipinski definition) is 1. The van der Waals surface area contributed by atoms with Crippen molar-refractivity contribution < 1.29 is 9.53 Å². The quantitative estimate of drug-likeness (QED) is 0.669. The summed E-state index contributed by atoms with van der Waals surface area (Å²) in [6, 6.07) is 5.97. The second-order valence-corrected chi connectivity index (χ2v) is 5.35. The summed E-state index contributed by atoms with van der Waals surface area (Å²) in [5.41, 5.74) is 7.86. The number of rotatable bonds is 4. The van der Waals surface area contributed by atoms with Crippen molar-refractivity contribution in [3.63, 3.8) is 0 Å². The van der Waals surface area contributed by atoms with Gasteiger partial charge in [0, 0.05) is 24.8 Å². The molecule has 5 nitrogen and oxygen atoms in total. The van der Waals surface area contributed by atoms with E-state index >= 15 is 0 Å². The molecule has 1 aromatic rings. The molecular weight excluding hydrogens is 254 g/mol. The lowest BCUT2D eigenvalue weighted by molar-refractivity contribution is 0.0527. The highest BCUT2D eigenvalue weighted by atomic mass is 16.5. The summed E-state index contributed by atoms with van der Waals surface area (Å²) in [5.74, 6) is -0.303. The molecule has 1 saturated heterocycles. The number of ether oxygens (including phenoxy) is 1. The zero-order valence-electron chi connectivity index (χ0n) is 12.4. The van der Waals surface area contributed by atoms with Crippen LogP contribution in [0.4, 0.5) is 11.4 Å². The molecular formula is C15H23N3O2. The minimum Gasteiger partial charge on any atom is -0.462 e. The molecule has 1 fully saturated rings. The van der Waals surface area contributed by atoms with E-state index in [0.717, 1.165) is 25.2 Å². The van der Waals surface area contributed by atoms with Crippen molar-refractivity contribution in [1.29, 1.82) is 0 Å². The Morgan fingerprint density at radius 2 is 2.25 bits per heavy atom. The van der Waals surface area contributed by atoms with Crippen LogP contribution >= 0.6 is 0 Å². The van der Waals surface area contributed by atoms with Gasteiger partial charge in [0.2, 0.25) is 0 Å². The van der Waals surface area contributed by atoms with Crippen LogP contribution in [0.5, 0.6) is 0 Å². The molecule has 0 saturated carbocycles. The second kappa shape index (κ2) is 6.13. The van der Waals surface area contributed by atoms with Crippen molar-refractivity contribution in [2.75, 3.05) is 44.4 Å². The van der Waals surface area contributed by atoms with Gasteiger partial charge in [0.25, 0.3) is 0 Å². The Labute approximate surface area is 120 Å². The number of anilines is 2. The van der Waals surface area contributed by atoms with E-state index in [1.165, 1.54) is 0 Å². The maximum atomic E-state index is 12.1. The Bertz CT molecular complexity index is 488. The molecule has 5 heteroatoms. The van der Waals surface area contributed by atoms with Crippen LogP contribution in [-0.2, 0) is 4.74 Å². The highest BCUT2D eigenvalue weighted by Gasteiger charge is 2.27. The van der Waals surface area contributed by atoms with Gasteiger partial charge in [0.1, 0.15) is 0 Å². The van der Waals surface area contributed by atoms with Crippen LogP contribution in [0.15, 0.2) is 18.2 Å². The normalized spacial score (nSPS) is 18.6. The third-order valence-corrected chi connectivity index (χ3v) is 3.75. The van der Waals surface area contributed by atoms with Crippen LogP contribution < -0.4 is 10.6 Å². The number of carbonyl (C=O) groups excluding carboxylic acids is 1. The minimum atomic E-state index is -0.303. The first-order valence-corrected chi connectivity index (χ1v) is 7.01. The molecule has 1 unspecified atom stereocenters. The van der Waals surface area contributed by atoms with Crippen LogP contribution in [0.3, 0.4) is 0 Å². The highest BCUT2D eigenvalue weighted by Crippen LogP contribution is 2.28. The predicted molar refractivity (Wildman–Crippen MR) is 81.1 cm³/mol. The number of esters is 1. The smallest absolute Gasteiger partial charge is 0.340 e. The van der Waals surface area contributed by atoms with Gasteiger partial charge < -0.3 is 20.3 Å². The molecule has 0 spiro atoms. The summed E-state index contributed by atoms with van der Waals surface area (Å²) >= 11 is 0. The Morgan fingerprint density at radius 1 is 1.50 bits per heavy atom. The lowest BCUT2D eigenvalue weighted by Gasteiger charge is -2.23. The summed E-state index contributed by atoms with van der Waals surface area (Å²) in [6.07, 6.45) is 1.10. The van der Waals surface area contributed by atoms with Gasteiger partial charge in [0.05, 0.1) is 17.9 Å². The molecule has 1 heterocycles. The fraction of sp³-hybridized carbons (Fsp3) is 0.533. The lowest BCUT2D eigenvalue weighted by Crippen LogP contribution is -2.32. The molecule has 110 valence electrons. The number of hydrogen-bond acceptors (Lipinski definition) is 5. The van der Waals surface area contributed by atoms with Crippen LogP contribution in [0.25, 0.3) is 0 Å². The molecule has 0 amide bonds. The summed E-state index contributed by atoms with van der Waals surface area (Å²) in [6.45, 7) is 4.04. The molecule has 1 atom stereocenters.